The van der Waals surface area contributed by atoms with Crippen molar-refractivity contribution in [2.75, 3.05) is 5.75 Å². The molecule has 0 aliphatic heterocycles. The number of thiophene rings is 1. The lowest BCUT2D eigenvalue weighted by Gasteiger charge is -2.11. The molecule has 1 aliphatic rings. The summed E-state index contributed by atoms with van der Waals surface area (Å²) in [6.07, 6.45) is 6.28. The standard InChI is InChI=1S/C13H15N3OS2/c17-11(16-9-3-1-2-4-9)7-19-13-12-10(5-6-18-12)14-8-15-13/h5-6,8-9H,1-4,7H2,(H,16,17). The van der Waals surface area contributed by atoms with Gasteiger partial charge in [-0.3, -0.25) is 4.79 Å². The fourth-order valence-electron chi connectivity index (χ4n) is 2.34. The predicted octanol–water partition coefficient (Wildman–Crippen LogP) is 2.84. The zero-order valence-corrected chi connectivity index (χ0v) is 12.1. The lowest BCUT2D eigenvalue weighted by Crippen LogP contribution is -2.33. The average molecular weight is 293 g/mol. The van der Waals surface area contributed by atoms with Crippen LogP contribution in [0.2, 0.25) is 0 Å². The molecule has 2 aromatic heterocycles. The Morgan fingerprint density at radius 3 is 3.11 bits per heavy atom. The second-order valence-corrected chi connectivity index (χ2v) is 6.53. The van der Waals surface area contributed by atoms with Gasteiger partial charge < -0.3 is 5.32 Å². The zero-order chi connectivity index (χ0) is 13.1. The number of carbonyl (C=O) groups is 1. The van der Waals surface area contributed by atoms with Crippen LogP contribution in [0.15, 0.2) is 22.8 Å². The zero-order valence-electron chi connectivity index (χ0n) is 10.5. The summed E-state index contributed by atoms with van der Waals surface area (Å²) < 4.78 is 1.07. The van der Waals surface area contributed by atoms with Crippen LogP contribution in [0.1, 0.15) is 25.7 Å². The van der Waals surface area contributed by atoms with Crippen LogP contribution in [0.4, 0.5) is 0 Å². The largest absolute Gasteiger partial charge is 0.353 e. The molecular weight excluding hydrogens is 278 g/mol. The molecule has 6 heteroatoms. The van der Waals surface area contributed by atoms with Crippen molar-refractivity contribution < 1.29 is 4.79 Å². The number of fused-ring (bicyclic) bond motifs is 1. The molecule has 4 nitrogen and oxygen atoms in total. The van der Waals surface area contributed by atoms with Crippen molar-refractivity contribution >= 4 is 39.2 Å². The molecule has 1 N–H and O–H groups in total. The van der Waals surface area contributed by atoms with Crippen molar-refractivity contribution in [2.24, 2.45) is 0 Å². The predicted molar refractivity (Wildman–Crippen MR) is 78.5 cm³/mol. The molecule has 0 spiro atoms. The highest BCUT2D eigenvalue weighted by Crippen LogP contribution is 2.28. The van der Waals surface area contributed by atoms with Crippen molar-refractivity contribution in [2.45, 2.75) is 36.8 Å². The maximum atomic E-state index is 11.9. The average Bonchev–Trinajstić information content (AvgIpc) is 3.06. The Morgan fingerprint density at radius 2 is 2.26 bits per heavy atom. The molecule has 0 bridgehead atoms. The van der Waals surface area contributed by atoms with Gasteiger partial charge in [0.2, 0.25) is 5.91 Å². The summed E-state index contributed by atoms with van der Waals surface area (Å²) in [5.74, 6) is 0.542. The molecule has 0 radical (unpaired) electrons. The number of hydrogen-bond donors (Lipinski definition) is 1. The highest BCUT2D eigenvalue weighted by molar-refractivity contribution is 8.00. The second-order valence-electron chi connectivity index (χ2n) is 4.65. The van der Waals surface area contributed by atoms with Gasteiger partial charge in [0, 0.05) is 6.04 Å². The maximum Gasteiger partial charge on any atom is 0.230 e. The third kappa shape index (κ3) is 3.06. The molecule has 3 rings (SSSR count). The number of nitrogens with one attached hydrogen (secondary N) is 1. The quantitative estimate of drug-likeness (QED) is 0.695. The number of aromatic nitrogens is 2. The maximum absolute atomic E-state index is 11.9. The van der Waals surface area contributed by atoms with E-state index in [1.54, 1.807) is 17.7 Å². The first-order valence-electron chi connectivity index (χ1n) is 6.43. The number of amides is 1. The first-order chi connectivity index (χ1) is 9.33. The monoisotopic (exact) mass is 293 g/mol. The van der Waals surface area contributed by atoms with E-state index >= 15 is 0 Å². The third-order valence-corrected chi connectivity index (χ3v) is 5.30. The smallest absolute Gasteiger partial charge is 0.230 e. The molecule has 1 saturated carbocycles. The summed E-state index contributed by atoms with van der Waals surface area (Å²) in [6.45, 7) is 0. The van der Waals surface area contributed by atoms with Gasteiger partial charge in [0.1, 0.15) is 11.4 Å². The van der Waals surface area contributed by atoms with Crippen molar-refractivity contribution in [1.29, 1.82) is 0 Å². The van der Waals surface area contributed by atoms with E-state index in [1.807, 2.05) is 11.4 Å². The van der Waals surface area contributed by atoms with Crippen LogP contribution < -0.4 is 5.32 Å². The highest BCUT2D eigenvalue weighted by atomic mass is 32.2. The van der Waals surface area contributed by atoms with Crippen LogP contribution in [0, 0.1) is 0 Å². The molecule has 2 heterocycles. The van der Waals surface area contributed by atoms with Crippen LogP contribution >= 0.6 is 23.1 Å². The minimum Gasteiger partial charge on any atom is -0.353 e. The third-order valence-electron chi connectivity index (χ3n) is 3.27. The fraction of sp³-hybridized carbons (Fsp3) is 0.462. The van der Waals surface area contributed by atoms with Gasteiger partial charge in [0.15, 0.2) is 0 Å². The van der Waals surface area contributed by atoms with E-state index in [0.29, 0.717) is 11.8 Å². The van der Waals surface area contributed by atoms with E-state index in [0.717, 1.165) is 28.1 Å². The lowest BCUT2D eigenvalue weighted by molar-refractivity contribution is -0.119. The van der Waals surface area contributed by atoms with E-state index < -0.39 is 0 Å². The molecule has 0 aromatic carbocycles. The molecule has 0 unspecified atom stereocenters. The topological polar surface area (TPSA) is 54.9 Å². The van der Waals surface area contributed by atoms with Gasteiger partial charge in [-0.1, -0.05) is 24.6 Å². The van der Waals surface area contributed by atoms with Crippen LogP contribution in [0.5, 0.6) is 0 Å². The van der Waals surface area contributed by atoms with Gasteiger partial charge >= 0.3 is 0 Å². The number of thioether (sulfide) groups is 1. The molecular formula is C13H15N3OS2. The Bertz CT molecular complexity index is 578. The van der Waals surface area contributed by atoms with E-state index in [1.165, 1.54) is 24.6 Å². The van der Waals surface area contributed by atoms with Gasteiger partial charge in [0.25, 0.3) is 0 Å². The molecule has 0 saturated heterocycles. The van der Waals surface area contributed by atoms with Gasteiger partial charge in [0.05, 0.1) is 16.0 Å². The first kappa shape index (κ1) is 12.9. The van der Waals surface area contributed by atoms with E-state index in [4.69, 9.17) is 0 Å². The van der Waals surface area contributed by atoms with Crippen molar-refractivity contribution in [1.82, 2.24) is 15.3 Å². The SMILES string of the molecule is O=C(CSc1ncnc2ccsc12)NC1CCCC1. The summed E-state index contributed by atoms with van der Waals surface area (Å²) in [6, 6.07) is 2.37. The Kier molecular flexibility index (Phi) is 3.98. The molecule has 1 aliphatic carbocycles. The number of nitrogens with zero attached hydrogens (tertiary/aromatic N) is 2. The molecule has 1 fully saturated rings. The molecule has 2 aromatic rings. The summed E-state index contributed by atoms with van der Waals surface area (Å²) in [4.78, 5) is 20.3. The normalized spacial score (nSPS) is 16.0. The minimum atomic E-state index is 0.111. The van der Waals surface area contributed by atoms with Gasteiger partial charge in [-0.15, -0.1) is 11.3 Å². The highest BCUT2D eigenvalue weighted by Gasteiger charge is 2.17. The van der Waals surface area contributed by atoms with E-state index in [-0.39, 0.29) is 5.91 Å². The van der Waals surface area contributed by atoms with Gasteiger partial charge in [-0.25, -0.2) is 9.97 Å². The lowest BCUT2D eigenvalue weighted by atomic mass is 10.2. The van der Waals surface area contributed by atoms with Crippen LogP contribution in [-0.2, 0) is 4.79 Å². The molecule has 0 atom stereocenters. The summed E-state index contributed by atoms with van der Waals surface area (Å²) in [5.41, 5.74) is 0.957. The minimum absolute atomic E-state index is 0.111. The van der Waals surface area contributed by atoms with Crippen LogP contribution in [-0.4, -0.2) is 27.7 Å². The second kappa shape index (κ2) is 5.88. The summed E-state index contributed by atoms with van der Waals surface area (Å²) in [5, 5.41) is 6.00. The van der Waals surface area contributed by atoms with E-state index in [2.05, 4.69) is 15.3 Å². The molecule has 1 amide bonds. The van der Waals surface area contributed by atoms with Crippen molar-refractivity contribution in [3.05, 3.63) is 17.8 Å². The Hall–Kier alpha value is -1.14. The number of hydrogen-bond acceptors (Lipinski definition) is 5. The van der Waals surface area contributed by atoms with Crippen LogP contribution in [0.25, 0.3) is 10.2 Å². The van der Waals surface area contributed by atoms with Gasteiger partial charge in [-0.05, 0) is 24.3 Å². The summed E-state index contributed by atoms with van der Waals surface area (Å²) in [7, 11) is 0. The molecule has 100 valence electrons. The summed E-state index contributed by atoms with van der Waals surface area (Å²) >= 11 is 3.11. The van der Waals surface area contributed by atoms with E-state index in [9.17, 15) is 4.79 Å². The first-order valence-corrected chi connectivity index (χ1v) is 8.30. The van der Waals surface area contributed by atoms with Crippen molar-refractivity contribution in [3.63, 3.8) is 0 Å². The fourth-order valence-corrected chi connectivity index (χ4v) is 4.10. The Morgan fingerprint density at radius 1 is 1.42 bits per heavy atom. The number of carbonyl (C=O) groups excluding carboxylic acids is 1. The Labute approximate surface area is 120 Å². The number of rotatable bonds is 4. The molecule has 19 heavy (non-hydrogen) atoms. The van der Waals surface area contributed by atoms with Gasteiger partial charge in [-0.2, -0.15) is 0 Å². The Balaban J connectivity index is 1.59. The van der Waals surface area contributed by atoms with Crippen LogP contribution in [0.3, 0.4) is 0 Å². The van der Waals surface area contributed by atoms with Crippen molar-refractivity contribution in [3.8, 4) is 0 Å².